The Labute approximate surface area is 90.0 Å². The smallest absolute Gasteiger partial charge is 0.326 e. The van der Waals surface area contributed by atoms with Gasteiger partial charge in [-0.05, 0) is 6.42 Å². The first kappa shape index (κ1) is 13.9. The van der Waals surface area contributed by atoms with Crippen LogP contribution in [-0.4, -0.2) is 29.6 Å². The second-order valence-electron chi connectivity index (χ2n) is 3.68. The van der Waals surface area contributed by atoms with Crippen LogP contribution >= 0.6 is 0 Å². The number of hydrogen-bond donors (Lipinski definition) is 3. The molecular formula is C10H20N2O3. The molecule has 0 bridgehead atoms. The predicted molar refractivity (Wildman–Crippen MR) is 57.3 cm³/mol. The Bertz CT molecular complexity index is 219. The molecule has 2 unspecified atom stereocenters. The van der Waals surface area contributed by atoms with Crippen molar-refractivity contribution in [3.8, 4) is 0 Å². The molecule has 15 heavy (non-hydrogen) atoms. The molecule has 4 N–H and O–H groups in total. The molecule has 0 aromatic rings. The van der Waals surface area contributed by atoms with Crippen LogP contribution in [0.2, 0.25) is 0 Å². The van der Waals surface area contributed by atoms with Gasteiger partial charge in [-0.3, -0.25) is 4.79 Å². The maximum Gasteiger partial charge on any atom is 0.326 e. The quantitative estimate of drug-likeness (QED) is 0.572. The normalized spacial score (nSPS) is 14.3. The van der Waals surface area contributed by atoms with Crippen LogP contribution in [0.25, 0.3) is 0 Å². The second-order valence-corrected chi connectivity index (χ2v) is 3.68. The highest BCUT2D eigenvalue weighted by Crippen LogP contribution is 2.02. The van der Waals surface area contributed by atoms with E-state index >= 15 is 0 Å². The number of carbonyl (C=O) groups is 2. The molecule has 0 fully saturated rings. The lowest BCUT2D eigenvalue weighted by Gasteiger charge is -2.16. The molecule has 0 heterocycles. The summed E-state index contributed by atoms with van der Waals surface area (Å²) in [5, 5.41) is 11.3. The average molecular weight is 216 g/mol. The van der Waals surface area contributed by atoms with E-state index in [9.17, 15) is 9.59 Å². The van der Waals surface area contributed by atoms with E-state index in [0.717, 1.165) is 12.8 Å². The number of hydrogen-bond acceptors (Lipinski definition) is 3. The number of carboxylic acids is 1. The lowest BCUT2D eigenvalue weighted by atomic mass is 10.1. The van der Waals surface area contributed by atoms with Crippen LogP contribution in [-0.2, 0) is 9.59 Å². The summed E-state index contributed by atoms with van der Waals surface area (Å²) in [6.45, 7) is 3.88. The first-order valence-electron chi connectivity index (χ1n) is 5.26. The Balaban J connectivity index is 4.16. The van der Waals surface area contributed by atoms with E-state index in [2.05, 4.69) is 5.32 Å². The molecule has 0 spiro atoms. The molecule has 2 atom stereocenters. The third-order valence-corrected chi connectivity index (χ3v) is 2.26. The zero-order chi connectivity index (χ0) is 11.8. The van der Waals surface area contributed by atoms with Gasteiger partial charge in [0, 0.05) is 12.5 Å². The van der Waals surface area contributed by atoms with Crippen LogP contribution in [0.15, 0.2) is 0 Å². The van der Waals surface area contributed by atoms with Crippen LogP contribution in [0.5, 0.6) is 0 Å². The van der Waals surface area contributed by atoms with E-state index in [-0.39, 0.29) is 18.4 Å². The fourth-order valence-corrected chi connectivity index (χ4v) is 1.09. The summed E-state index contributed by atoms with van der Waals surface area (Å²) in [5.74, 6) is -1.62. The van der Waals surface area contributed by atoms with Gasteiger partial charge >= 0.3 is 5.97 Å². The van der Waals surface area contributed by atoms with E-state index in [4.69, 9.17) is 10.8 Å². The summed E-state index contributed by atoms with van der Waals surface area (Å²) in [5.41, 5.74) is 5.32. The zero-order valence-corrected chi connectivity index (χ0v) is 9.32. The minimum atomic E-state index is -0.985. The third-order valence-electron chi connectivity index (χ3n) is 2.26. The van der Waals surface area contributed by atoms with Gasteiger partial charge in [0.1, 0.15) is 6.04 Å². The van der Waals surface area contributed by atoms with Crippen molar-refractivity contribution < 1.29 is 14.7 Å². The summed E-state index contributed by atoms with van der Waals surface area (Å²) in [6.07, 6.45) is 2.16. The summed E-state index contributed by atoms with van der Waals surface area (Å²) in [4.78, 5) is 22.2. The molecule has 0 aliphatic heterocycles. The highest BCUT2D eigenvalue weighted by molar-refractivity contribution is 5.84. The van der Waals surface area contributed by atoms with Crippen LogP contribution < -0.4 is 11.1 Å². The number of nitrogens with two attached hydrogens (primary N) is 1. The fourth-order valence-electron chi connectivity index (χ4n) is 1.09. The van der Waals surface area contributed by atoms with Gasteiger partial charge in [-0.2, -0.15) is 0 Å². The first-order valence-corrected chi connectivity index (χ1v) is 5.26. The zero-order valence-electron chi connectivity index (χ0n) is 9.32. The maximum absolute atomic E-state index is 11.4. The van der Waals surface area contributed by atoms with E-state index < -0.39 is 12.0 Å². The molecule has 5 heteroatoms. The Morgan fingerprint density at radius 3 is 2.47 bits per heavy atom. The second kappa shape index (κ2) is 7.23. The van der Waals surface area contributed by atoms with Crippen LogP contribution in [0, 0.1) is 5.92 Å². The van der Waals surface area contributed by atoms with Crippen molar-refractivity contribution in [2.75, 3.05) is 6.54 Å². The number of aliphatic carboxylic acids is 1. The largest absolute Gasteiger partial charge is 0.480 e. The average Bonchev–Trinajstić information content (AvgIpc) is 2.22. The Morgan fingerprint density at radius 1 is 1.47 bits per heavy atom. The summed E-state index contributed by atoms with van der Waals surface area (Å²) < 4.78 is 0. The SMILES string of the molecule is CCCCC(NC(=O)C(C)CN)C(=O)O. The van der Waals surface area contributed by atoms with Crippen LogP contribution in [0.3, 0.4) is 0 Å². The molecule has 0 rings (SSSR count). The molecule has 0 saturated heterocycles. The standard InChI is InChI=1S/C10H20N2O3/c1-3-4-5-8(10(14)15)12-9(13)7(2)6-11/h7-8H,3-6,11H2,1-2H3,(H,12,13)(H,14,15). The Morgan fingerprint density at radius 2 is 2.07 bits per heavy atom. The molecule has 88 valence electrons. The van der Waals surface area contributed by atoms with Crippen molar-refractivity contribution in [1.29, 1.82) is 0 Å². The number of carboxylic acid groups (broad SMARTS) is 1. The monoisotopic (exact) mass is 216 g/mol. The molecule has 0 aromatic carbocycles. The topological polar surface area (TPSA) is 92.4 Å². The number of carbonyl (C=O) groups excluding carboxylic acids is 1. The van der Waals surface area contributed by atoms with Crippen molar-refractivity contribution in [2.24, 2.45) is 11.7 Å². The van der Waals surface area contributed by atoms with E-state index in [1.54, 1.807) is 6.92 Å². The van der Waals surface area contributed by atoms with Gasteiger partial charge in [0.2, 0.25) is 5.91 Å². The third kappa shape index (κ3) is 5.37. The van der Waals surface area contributed by atoms with Gasteiger partial charge in [0.25, 0.3) is 0 Å². The van der Waals surface area contributed by atoms with Crippen molar-refractivity contribution in [2.45, 2.75) is 39.2 Å². The van der Waals surface area contributed by atoms with Crippen molar-refractivity contribution in [3.05, 3.63) is 0 Å². The van der Waals surface area contributed by atoms with E-state index in [1.165, 1.54) is 0 Å². The number of nitrogens with one attached hydrogen (secondary N) is 1. The van der Waals surface area contributed by atoms with Gasteiger partial charge in [0.05, 0.1) is 0 Å². The summed E-state index contributed by atoms with van der Waals surface area (Å²) in [6, 6.07) is -0.786. The van der Waals surface area contributed by atoms with Crippen LogP contribution in [0.1, 0.15) is 33.1 Å². The summed E-state index contributed by atoms with van der Waals surface area (Å²) >= 11 is 0. The minimum absolute atomic E-state index is 0.228. The molecule has 0 radical (unpaired) electrons. The van der Waals surface area contributed by atoms with Gasteiger partial charge in [-0.25, -0.2) is 4.79 Å². The number of unbranched alkanes of at least 4 members (excludes halogenated alkanes) is 1. The minimum Gasteiger partial charge on any atom is -0.480 e. The van der Waals surface area contributed by atoms with Crippen LogP contribution in [0.4, 0.5) is 0 Å². The van der Waals surface area contributed by atoms with Gasteiger partial charge in [-0.15, -0.1) is 0 Å². The van der Waals surface area contributed by atoms with Gasteiger partial charge < -0.3 is 16.2 Å². The Hall–Kier alpha value is -1.10. The van der Waals surface area contributed by atoms with Crippen molar-refractivity contribution in [3.63, 3.8) is 0 Å². The predicted octanol–water partition coefficient (Wildman–Crippen LogP) is 0.341. The molecule has 0 aliphatic rings. The lowest BCUT2D eigenvalue weighted by molar-refractivity contribution is -0.142. The molecule has 5 nitrogen and oxygen atoms in total. The maximum atomic E-state index is 11.4. The highest BCUT2D eigenvalue weighted by atomic mass is 16.4. The molecule has 1 amide bonds. The number of amides is 1. The fraction of sp³-hybridized carbons (Fsp3) is 0.800. The van der Waals surface area contributed by atoms with E-state index in [1.807, 2.05) is 6.92 Å². The molecule has 0 saturated carbocycles. The highest BCUT2D eigenvalue weighted by Gasteiger charge is 2.21. The Kier molecular flexibility index (Phi) is 6.70. The molecule has 0 aromatic heterocycles. The first-order chi connectivity index (χ1) is 7.02. The molecular weight excluding hydrogens is 196 g/mol. The summed E-state index contributed by atoms with van der Waals surface area (Å²) in [7, 11) is 0. The van der Waals surface area contributed by atoms with Crippen molar-refractivity contribution >= 4 is 11.9 Å². The van der Waals surface area contributed by atoms with E-state index in [0.29, 0.717) is 6.42 Å². The number of rotatable bonds is 7. The van der Waals surface area contributed by atoms with Crippen molar-refractivity contribution in [1.82, 2.24) is 5.32 Å². The van der Waals surface area contributed by atoms with Gasteiger partial charge in [0.15, 0.2) is 0 Å². The lowest BCUT2D eigenvalue weighted by Crippen LogP contribution is -2.44. The molecule has 0 aliphatic carbocycles. The van der Waals surface area contributed by atoms with Gasteiger partial charge in [-0.1, -0.05) is 26.7 Å².